The summed E-state index contributed by atoms with van der Waals surface area (Å²) in [7, 11) is -0.628. The van der Waals surface area contributed by atoms with Crippen LogP contribution in [0.25, 0.3) is 10.9 Å². The predicted octanol–water partition coefficient (Wildman–Crippen LogP) is 2.03. The Morgan fingerprint density at radius 2 is 2.21 bits per heavy atom. The molecular formula is C20H22ClN5O2S. The van der Waals surface area contributed by atoms with Gasteiger partial charge in [0.05, 0.1) is 17.3 Å². The maximum absolute atomic E-state index is 12.6. The number of carbonyl (C=O) groups is 2. The van der Waals surface area contributed by atoms with Crippen LogP contribution in [0.1, 0.15) is 5.56 Å². The summed E-state index contributed by atoms with van der Waals surface area (Å²) in [6, 6.07) is 5.53. The third-order valence-corrected chi connectivity index (χ3v) is 7.36. The smallest absolute Gasteiger partial charge is 0.231 e. The molecule has 9 heteroatoms. The second-order valence-electron chi connectivity index (χ2n) is 7.13. The van der Waals surface area contributed by atoms with E-state index in [1.54, 1.807) is 4.90 Å². The zero-order valence-electron chi connectivity index (χ0n) is 15.7. The van der Waals surface area contributed by atoms with E-state index in [1.807, 2.05) is 35.1 Å². The van der Waals surface area contributed by atoms with Gasteiger partial charge in [-0.3, -0.25) is 9.69 Å². The number of aldehydes is 1. The van der Waals surface area contributed by atoms with Gasteiger partial charge in [-0.05, 0) is 34.6 Å². The number of fused-ring (bicyclic) bond motifs is 1. The minimum Gasteiger partial charge on any atom is -0.383 e. The molecule has 0 saturated carbocycles. The number of nitrogens with zero attached hydrogens (tertiary/aromatic N) is 4. The van der Waals surface area contributed by atoms with Crippen molar-refractivity contribution in [2.24, 2.45) is 0 Å². The number of halogens is 1. The Balaban J connectivity index is 1.41. The van der Waals surface area contributed by atoms with Crippen molar-refractivity contribution in [3.63, 3.8) is 0 Å². The lowest BCUT2D eigenvalue weighted by Crippen LogP contribution is -2.55. The Morgan fingerprint density at radius 3 is 2.97 bits per heavy atom. The van der Waals surface area contributed by atoms with Gasteiger partial charge in [0.1, 0.15) is 18.4 Å². The molecule has 2 atom stereocenters. The third-order valence-electron chi connectivity index (χ3n) is 5.19. The van der Waals surface area contributed by atoms with E-state index < -0.39 is 10.9 Å². The van der Waals surface area contributed by atoms with Crippen LogP contribution in [-0.2, 0) is 16.1 Å². The van der Waals surface area contributed by atoms with Crippen LogP contribution in [0.2, 0.25) is 0 Å². The van der Waals surface area contributed by atoms with Gasteiger partial charge in [0, 0.05) is 36.6 Å². The van der Waals surface area contributed by atoms with Crippen molar-refractivity contribution in [3.05, 3.63) is 52.0 Å². The average Bonchev–Trinajstić information content (AvgIpc) is 3.13. The molecule has 2 N–H and O–H groups in total. The van der Waals surface area contributed by atoms with Gasteiger partial charge < -0.3 is 15.4 Å². The molecule has 1 aromatic carbocycles. The lowest BCUT2D eigenvalue weighted by molar-refractivity contribution is -0.132. The fraction of sp³-hybridized carbons (Fsp3) is 0.300. The normalized spacial score (nSPS) is 23.3. The Labute approximate surface area is 176 Å². The predicted molar refractivity (Wildman–Crippen MR) is 118 cm³/mol. The van der Waals surface area contributed by atoms with Gasteiger partial charge in [-0.15, -0.1) is 0 Å². The van der Waals surface area contributed by atoms with E-state index in [1.165, 1.54) is 6.33 Å². The molecule has 0 aliphatic carbocycles. The highest BCUT2D eigenvalue weighted by molar-refractivity contribution is 8.22. The second kappa shape index (κ2) is 8.52. The summed E-state index contributed by atoms with van der Waals surface area (Å²) in [5.41, 5.74) is 7.71. The van der Waals surface area contributed by atoms with Crippen LogP contribution >= 0.6 is 22.5 Å². The quantitative estimate of drug-likeness (QED) is 0.556. The number of nitrogen functional groups attached to an aromatic ring is 1. The molecule has 1 fully saturated rings. The van der Waals surface area contributed by atoms with Crippen LogP contribution in [0.3, 0.4) is 0 Å². The van der Waals surface area contributed by atoms with Crippen molar-refractivity contribution in [2.75, 3.05) is 31.1 Å². The molecule has 3 heterocycles. The van der Waals surface area contributed by atoms with Crippen LogP contribution in [-0.4, -0.2) is 63.4 Å². The molecule has 7 nitrogen and oxygen atoms in total. The molecule has 0 spiro atoms. The molecular weight excluding hydrogens is 410 g/mol. The maximum atomic E-state index is 12.6. The molecule has 0 bridgehead atoms. The number of piperazine rings is 1. The highest BCUT2D eigenvalue weighted by atomic mass is 35.5. The summed E-state index contributed by atoms with van der Waals surface area (Å²) in [6.07, 6.45) is 4.22. The Kier molecular flexibility index (Phi) is 5.84. The highest BCUT2D eigenvalue weighted by Gasteiger charge is 2.29. The van der Waals surface area contributed by atoms with Crippen LogP contribution in [0.15, 0.2) is 46.5 Å². The molecule has 2 aliphatic rings. The monoisotopic (exact) mass is 431 g/mol. The van der Waals surface area contributed by atoms with Gasteiger partial charge in [-0.1, -0.05) is 17.7 Å². The first-order valence-corrected chi connectivity index (χ1v) is 11.4. The average molecular weight is 432 g/mol. The van der Waals surface area contributed by atoms with Gasteiger partial charge in [0.2, 0.25) is 5.91 Å². The second-order valence-corrected chi connectivity index (χ2v) is 9.46. The minimum atomic E-state index is -0.628. The van der Waals surface area contributed by atoms with Gasteiger partial charge >= 0.3 is 0 Å². The number of aromatic nitrogens is 2. The zero-order chi connectivity index (χ0) is 20.4. The van der Waals surface area contributed by atoms with Crippen molar-refractivity contribution >= 4 is 51.4 Å². The van der Waals surface area contributed by atoms with Crippen LogP contribution in [0, 0.1) is 0 Å². The maximum Gasteiger partial charge on any atom is 0.231 e. The lowest BCUT2D eigenvalue weighted by Gasteiger charge is -2.39. The summed E-state index contributed by atoms with van der Waals surface area (Å²) < 4.78 is 0. The fourth-order valence-electron chi connectivity index (χ4n) is 3.62. The first-order chi connectivity index (χ1) is 14.0. The Morgan fingerprint density at radius 1 is 1.34 bits per heavy atom. The van der Waals surface area contributed by atoms with E-state index in [0.717, 1.165) is 22.8 Å². The topological polar surface area (TPSA) is 92.4 Å². The fourth-order valence-corrected chi connectivity index (χ4v) is 5.70. The summed E-state index contributed by atoms with van der Waals surface area (Å²) in [4.78, 5) is 36.5. The number of amides is 1. The zero-order valence-corrected chi connectivity index (χ0v) is 17.4. The summed E-state index contributed by atoms with van der Waals surface area (Å²) in [5.74, 6) is 0.974. The van der Waals surface area contributed by atoms with E-state index in [0.29, 0.717) is 42.8 Å². The molecule has 2 unspecified atom stereocenters. The van der Waals surface area contributed by atoms with Crippen LogP contribution in [0.5, 0.6) is 0 Å². The van der Waals surface area contributed by atoms with E-state index in [4.69, 9.17) is 17.3 Å². The molecule has 2 aromatic rings. The van der Waals surface area contributed by atoms with E-state index >= 15 is 0 Å². The van der Waals surface area contributed by atoms with Crippen LogP contribution in [0.4, 0.5) is 5.82 Å². The van der Waals surface area contributed by atoms with Crippen LogP contribution < -0.4 is 5.73 Å². The van der Waals surface area contributed by atoms with Crippen molar-refractivity contribution in [2.45, 2.75) is 12.6 Å². The van der Waals surface area contributed by atoms with E-state index in [2.05, 4.69) is 14.9 Å². The standard InChI is InChI=1S/C20H22ClN5O2S/c21-15-3-6-29(11-15)12-19(28)26-5-4-25(16(9-26)10-27)8-14-1-2-17-18(7-14)23-13-24-20(17)22/h1-3,6-7,10-11,13,16,29H,4-5,8-9,12H2,(H2,22,23,24). The molecule has 1 saturated heterocycles. The van der Waals surface area contributed by atoms with Gasteiger partial charge in [0.25, 0.3) is 0 Å². The number of allylic oxidation sites excluding steroid dienone is 2. The number of anilines is 1. The molecule has 1 amide bonds. The molecule has 2 aliphatic heterocycles. The summed E-state index contributed by atoms with van der Waals surface area (Å²) >= 11 is 5.96. The molecule has 4 rings (SSSR count). The first-order valence-electron chi connectivity index (χ1n) is 9.31. The van der Waals surface area contributed by atoms with Gasteiger partial charge in [-0.25, -0.2) is 20.9 Å². The Hall–Kier alpha value is -2.42. The van der Waals surface area contributed by atoms with Crippen molar-refractivity contribution in [3.8, 4) is 0 Å². The number of nitrogens with two attached hydrogens (primary N) is 1. The van der Waals surface area contributed by atoms with Crippen molar-refractivity contribution in [1.29, 1.82) is 0 Å². The number of hydrogen-bond acceptors (Lipinski definition) is 6. The van der Waals surface area contributed by atoms with Gasteiger partial charge in [0.15, 0.2) is 0 Å². The largest absolute Gasteiger partial charge is 0.383 e. The van der Waals surface area contributed by atoms with E-state index in [-0.39, 0.29) is 11.9 Å². The molecule has 29 heavy (non-hydrogen) atoms. The first kappa shape index (κ1) is 19.9. The molecule has 152 valence electrons. The molecule has 1 aromatic heterocycles. The minimum absolute atomic E-state index is 0.0766. The van der Waals surface area contributed by atoms with Gasteiger partial charge in [-0.2, -0.15) is 0 Å². The third kappa shape index (κ3) is 4.44. The highest BCUT2D eigenvalue weighted by Crippen LogP contribution is 2.37. The van der Waals surface area contributed by atoms with Crippen molar-refractivity contribution in [1.82, 2.24) is 19.8 Å². The summed E-state index contributed by atoms with van der Waals surface area (Å²) in [5, 5.41) is 5.45. The summed E-state index contributed by atoms with van der Waals surface area (Å²) in [6.45, 7) is 2.27. The number of hydrogen-bond donors (Lipinski definition) is 2. The molecule has 0 radical (unpaired) electrons. The number of benzene rings is 1. The Bertz CT molecular complexity index is 1010. The van der Waals surface area contributed by atoms with E-state index in [9.17, 15) is 9.59 Å². The SMILES string of the molecule is Nc1ncnc2cc(CN3CCN(C(=O)C[SH]4C=CC(Cl)=C4)CC3C=O)ccc12. The lowest BCUT2D eigenvalue weighted by atomic mass is 10.1. The number of rotatable bonds is 5. The number of thiol groups is 1. The number of carbonyl (C=O) groups excluding carboxylic acids is 2. The van der Waals surface area contributed by atoms with Crippen molar-refractivity contribution < 1.29 is 9.59 Å².